The first kappa shape index (κ1) is 14.4. The Balaban J connectivity index is 2.34. The van der Waals surface area contributed by atoms with E-state index in [2.05, 4.69) is 53.8 Å². The summed E-state index contributed by atoms with van der Waals surface area (Å²) in [5.74, 6) is 0.980. The molecule has 0 N–H and O–H groups in total. The van der Waals surface area contributed by atoms with Crippen LogP contribution in [0.4, 0.5) is 0 Å². The Labute approximate surface area is 131 Å². The van der Waals surface area contributed by atoms with Gasteiger partial charge in [-0.05, 0) is 38.0 Å². The van der Waals surface area contributed by atoms with Crippen molar-refractivity contribution < 1.29 is 4.57 Å². The third-order valence-corrected chi connectivity index (χ3v) is 4.18. The normalized spacial score (nSPS) is 11.0. The van der Waals surface area contributed by atoms with Crippen molar-refractivity contribution in [2.24, 2.45) is 7.05 Å². The number of nitrogens with zero attached hydrogens (tertiary/aromatic N) is 4. The first-order valence-electron chi connectivity index (χ1n) is 7.43. The van der Waals surface area contributed by atoms with Crippen LogP contribution in [0.1, 0.15) is 22.5 Å². The molecule has 4 heteroatoms. The molecule has 0 radical (unpaired) electrons. The lowest BCUT2D eigenvalue weighted by Crippen LogP contribution is -2.36. The Morgan fingerprint density at radius 1 is 1.05 bits per heavy atom. The fraction of sp³-hybridized carbons (Fsp3) is 0.278. The van der Waals surface area contributed by atoms with E-state index in [1.54, 1.807) is 0 Å². The molecule has 0 spiro atoms. The second kappa shape index (κ2) is 5.37. The highest BCUT2D eigenvalue weighted by molar-refractivity contribution is 5.72. The largest absolute Gasteiger partial charge is 0.300 e. The molecular formula is C18H21N4+. The first-order valence-corrected chi connectivity index (χ1v) is 7.43. The number of aryl methyl sites for hydroxylation is 4. The van der Waals surface area contributed by atoms with Crippen LogP contribution in [0.15, 0.2) is 36.8 Å². The van der Waals surface area contributed by atoms with Gasteiger partial charge >= 0.3 is 0 Å². The quantitative estimate of drug-likeness (QED) is 0.681. The van der Waals surface area contributed by atoms with Crippen LogP contribution in [0.3, 0.4) is 0 Å². The van der Waals surface area contributed by atoms with E-state index in [9.17, 15) is 0 Å². The van der Waals surface area contributed by atoms with Crippen LogP contribution in [-0.4, -0.2) is 14.8 Å². The van der Waals surface area contributed by atoms with Crippen molar-refractivity contribution >= 4 is 0 Å². The van der Waals surface area contributed by atoms with Crippen molar-refractivity contribution in [2.45, 2.75) is 27.7 Å². The summed E-state index contributed by atoms with van der Waals surface area (Å²) in [5, 5.41) is 4.32. The van der Waals surface area contributed by atoms with E-state index >= 15 is 0 Å². The molecule has 0 amide bonds. The molecule has 3 rings (SSSR count). The summed E-state index contributed by atoms with van der Waals surface area (Å²) in [7, 11) is 1.98. The van der Waals surface area contributed by atoms with Gasteiger partial charge in [-0.25, -0.2) is 0 Å². The molecule has 3 aromatic rings. The second-order valence-electron chi connectivity index (χ2n) is 5.74. The van der Waals surface area contributed by atoms with E-state index in [0.717, 1.165) is 11.5 Å². The Bertz CT molecular complexity index is 846. The zero-order valence-corrected chi connectivity index (χ0v) is 13.8. The van der Waals surface area contributed by atoms with Crippen molar-refractivity contribution in [3.05, 3.63) is 59.3 Å². The van der Waals surface area contributed by atoms with E-state index < -0.39 is 0 Å². The number of aromatic nitrogens is 4. The summed E-state index contributed by atoms with van der Waals surface area (Å²) in [6.07, 6.45) is 5.74. The average Bonchev–Trinajstić information content (AvgIpc) is 2.87. The zero-order valence-electron chi connectivity index (χ0n) is 13.8. The maximum atomic E-state index is 4.42. The highest BCUT2D eigenvalue weighted by Gasteiger charge is 2.20. The molecule has 0 bridgehead atoms. The van der Waals surface area contributed by atoms with Crippen LogP contribution in [0, 0.1) is 27.7 Å². The van der Waals surface area contributed by atoms with Crippen molar-refractivity contribution in [2.75, 3.05) is 0 Å². The molecular weight excluding hydrogens is 272 g/mol. The Morgan fingerprint density at radius 2 is 1.82 bits per heavy atom. The molecule has 0 aliphatic carbocycles. The van der Waals surface area contributed by atoms with Crippen molar-refractivity contribution in [3.8, 4) is 16.9 Å². The predicted molar refractivity (Wildman–Crippen MR) is 86.9 cm³/mol. The molecule has 2 aromatic heterocycles. The van der Waals surface area contributed by atoms with Crippen LogP contribution < -0.4 is 4.57 Å². The molecule has 0 atom stereocenters. The topological polar surface area (TPSA) is 34.6 Å². The highest BCUT2D eigenvalue weighted by Crippen LogP contribution is 2.31. The average molecular weight is 293 g/mol. The van der Waals surface area contributed by atoms with Crippen LogP contribution in [-0.2, 0) is 7.05 Å². The fourth-order valence-corrected chi connectivity index (χ4v) is 3.24. The SMILES string of the molecule is Cc1cc(C)c(-[n+]2cccnc2C)c(C)c1-c1ccnn1C. The summed E-state index contributed by atoms with van der Waals surface area (Å²) < 4.78 is 4.08. The molecule has 1 aromatic carbocycles. The van der Waals surface area contributed by atoms with Crippen LogP contribution in [0.25, 0.3) is 16.9 Å². The Morgan fingerprint density at radius 3 is 2.45 bits per heavy atom. The van der Waals surface area contributed by atoms with Gasteiger partial charge < -0.3 is 0 Å². The van der Waals surface area contributed by atoms with Crippen LogP contribution in [0.2, 0.25) is 0 Å². The maximum absolute atomic E-state index is 4.42. The third kappa shape index (κ3) is 2.21. The zero-order chi connectivity index (χ0) is 15.9. The van der Waals surface area contributed by atoms with E-state index in [-0.39, 0.29) is 0 Å². The van der Waals surface area contributed by atoms with Gasteiger partial charge in [0, 0.05) is 37.4 Å². The molecule has 0 saturated carbocycles. The summed E-state index contributed by atoms with van der Waals surface area (Å²) in [6.45, 7) is 8.52. The number of hydrogen-bond acceptors (Lipinski definition) is 2. The molecule has 0 unspecified atom stereocenters. The number of benzene rings is 1. The maximum Gasteiger partial charge on any atom is 0.300 e. The molecule has 0 saturated heterocycles. The van der Waals surface area contributed by atoms with Gasteiger partial charge in [-0.2, -0.15) is 9.67 Å². The van der Waals surface area contributed by atoms with Crippen LogP contribution in [0.5, 0.6) is 0 Å². The van der Waals surface area contributed by atoms with Crippen molar-refractivity contribution in [1.82, 2.24) is 14.8 Å². The molecule has 112 valence electrons. The number of hydrogen-bond donors (Lipinski definition) is 0. The van der Waals surface area contributed by atoms with E-state index in [1.165, 1.54) is 27.9 Å². The van der Waals surface area contributed by atoms with E-state index in [4.69, 9.17) is 0 Å². The van der Waals surface area contributed by atoms with Crippen LogP contribution >= 0.6 is 0 Å². The van der Waals surface area contributed by atoms with Gasteiger partial charge in [0.1, 0.15) is 18.1 Å². The minimum Gasteiger partial charge on any atom is -0.268 e. The standard InChI is InChI=1S/C18H21N4/c1-12-11-13(2)18(22-10-6-8-19-15(22)4)14(3)17(12)16-7-9-20-21(16)5/h6-11H,1-5H3/q+1. The summed E-state index contributed by atoms with van der Waals surface area (Å²) >= 11 is 0. The molecule has 4 nitrogen and oxygen atoms in total. The summed E-state index contributed by atoms with van der Waals surface area (Å²) in [4.78, 5) is 4.42. The van der Waals surface area contributed by atoms with Crippen molar-refractivity contribution in [1.29, 1.82) is 0 Å². The van der Waals surface area contributed by atoms with Crippen molar-refractivity contribution in [3.63, 3.8) is 0 Å². The van der Waals surface area contributed by atoms with Gasteiger partial charge in [-0.15, -0.1) is 0 Å². The van der Waals surface area contributed by atoms with Gasteiger partial charge in [0.25, 0.3) is 5.82 Å². The van der Waals surface area contributed by atoms with Gasteiger partial charge in [-0.1, -0.05) is 11.1 Å². The molecule has 0 aliphatic heterocycles. The lowest BCUT2D eigenvalue weighted by Gasteiger charge is -2.16. The molecule has 0 aliphatic rings. The molecule has 0 fully saturated rings. The highest BCUT2D eigenvalue weighted by atomic mass is 15.3. The first-order chi connectivity index (χ1) is 10.5. The van der Waals surface area contributed by atoms with Gasteiger partial charge in [0.05, 0.1) is 5.69 Å². The lowest BCUT2D eigenvalue weighted by atomic mass is 9.94. The lowest BCUT2D eigenvalue weighted by molar-refractivity contribution is -0.607. The minimum atomic E-state index is 0.980. The molecule has 22 heavy (non-hydrogen) atoms. The monoisotopic (exact) mass is 293 g/mol. The summed E-state index contributed by atoms with van der Waals surface area (Å²) in [6, 6.07) is 6.27. The van der Waals surface area contributed by atoms with Gasteiger partial charge in [-0.3, -0.25) is 4.68 Å². The minimum absolute atomic E-state index is 0.980. The smallest absolute Gasteiger partial charge is 0.268 e. The van der Waals surface area contributed by atoms with E-state index in [1.807, 2.05) is 37.1 Å². The van der Waals surface area contributed by atoms with E-state index in [0.29, 0.717) is 0 Å². The number of rotatable bonds is 2. The Kier molecular flexibility index (Phi) is 3.53. The fourth-order valence-electron chi connectivity index (χ4n) is 3.24. The second-order valence-corrected chi connectivity index (χ2v) is 5.74. The Hall–Kier alpha value is -2.49. The predicted octanol–water partition coefficient (Wildman–Crippen LogP) is 2.99. The van der Waals surface area contributed by atoms with Gasteiger partial charge in [0.2, 0.25) is 0 Å². The summed E-state index contributed by atoms with van der Waals surface area (Å²) in [5.41, 5.74) is 7.36. The van der Waals surface area contributed by atoms with Gasteiger partial charge in [0.15, 0.2) is 0 Å². The molecule has 2 heterocycles. The third-order valence-electron chi connectivity index (χ3n) is 4.18.